The molecule has 0 atom stereocenters. The molecule has 0 unspecified atom stereocenters. The van der Waals surface area contributed by atoms with Gasteiger partial charge in [-0.25, -0.2) is 5.84 Å². The van der Waals surface area contributed by atoms with Gasteiger partial charge in [-0.1, -0.05) is 26.2 Å². The Morgan fingerprint density at radius 2 is 2.00 bits per heavy atom. The van der Waals surface area contributed by atoms with Crippen molar-refractivity contribution < 1.29 is 0 Å². The van der Waals surface area contributed by atoms with Crippen LogP contribution in [0.25, 0.3) is 0 Å². The lowest BCUT2D eigenvalue weighted by Gasteiger charge is -2.35. The van der Waals surface area contributed by atoms with E-state index in [1.165, 1.54) is 32.1 Å². The van der Waals surface area contributed by atoms with Crippen LogP contribution in [0.15, 0.2) is 4.99 Å². The lowest BCUT2D eigenvalue weighted by atomic mass is 9.96. The summed E-state index contributed by atoms with van der Waals surface area (Å²) in [7, 11) is 4.31. The Bertz CT molecular complexity index is 256. The monoisotopic (exact) mass is 255 g/mol. The molecule has 1 fully saturated rings. The van der Waals surface area contributed by atoms with E-state index in [0.717, 1.165) is 25.5 Å². The molecule has 0 aliphatic heterocycles. The van der Waals surface area contributed by atoms with Crippen LogP contribution in [0.1, 0.15) is 45.4 Å². The molecule has 0 aromatic heterocycles. The summed E-state index contributed by atoms with van der Waals surface area (Å²) in [5.41, 5.74) is 2.89. The van der Waals surface area contributed by atoms with Crippen LogP contribution in [0.2, 0.25) is 0 Å². The van der Waals surface area contributed by atoms with Crippen molar-refractivity contribution in [2.45, 2.75) is 51.0 Å². The highest BCUT2D eigenvalue weighted by molar-refractivity contribution is 5.79. The third kappa shape index (κ3) is 4.14. The van der Waals surface area contributed by atoms with Gasteiger partial charge in [0.1, 0.15) is 0 Å². The Balaban J connectivity index is 2.52. The molecule has 1 aliphatic carbocycles. The minimum Gasteiger partial charge on any atom is -0.355 e. The molecule has 106 valence electrons. The number of hydrogen-bond acceptors (Lipinski definition) is 3. The van der Waals surface area contributed by atoms with E-state index >= 15 is 0 Å². The quantitative estimate of drug-likeness (QED) is 0.218. The molecule has 0 heterocycles. The number of nitrogens with one attached hydrogen (secondary N) is 2. The highest BCUT2D eigenvalue weighted by Crippen LogP contribution is 2.33. The molecule has 0 spiro atoms. The third-order valence-corrected chi connectivity index (χ3v) is 3.97. The maximum atomic E-state index is 5.50. The molecule has 0 amide bonds. The van der Waals surface area contributed by atoms with Crippen molar-refractivity contribution in [3.05, 3.63) is 0 Å². The highest BCUT2D eigenvalue weighted by Gasteiger charge is 2.35. The summed E-state index contributed by atoms with van der Waals surface area (Å²) in [6.45, 7) is 3.92. The maximum Gasteiger partial charge on any atom is 0.205 e. The summed E-state index contributed by atoms with van der Waals surface area (Å²) in [5, 5.41) is 3.25. The minimum absolute atomic E-state index is 0.231. The van der Waals surface area contributed by atoms with E-state index in [1.54, 1.807) is 0 Å². The fraction of sp³-hybridized carbons (Fsp3) is 0.923. The maximum absolute atomic E-state index is 5.50. The Morgan fingerprint density at radius 3 is 2.50 bits per heavy atom. The first-order chi connectivity index (χ1) is 8.64. The van der Waals surface area contributed by atoms with E-state index < -0.39 is 0 Å². The summed E-state index contributed by atoms with van der Waals surface area (Å²) in [4.78, 5) is 6.94. The number of unbranched alkanes of at least 4 members (excludes halogenated alkanes) is 1. The van der Waals surface area contributed by atoms with Gasteiger partial charge in [0, 0.05) is 12.1 Å². The first kappa shape index (κ1) is 15.2. The smallest absolute Gasteiger partial charge is 0.205 e. The minimum atomic E-state index is 0.231. The van der Waals surface area contributed by atoms with Gasteiger partial charge in [-0.05, 0) is 33.4 Å². The van der Waals surface area contributed by atoms with Crippen molar-refractivity contribution in [3.63, 3.8) is 0 Å². The SMILES string of the molecule is CCCCNC(=NCC1(N(C)C)CCCC1)NN. The molecule has 5 heteroatoms. The van der Waals surface area contributed by atoms with Crippen LogP contribution in [0.4, 0.5) is 0 Å². The zero-order valence-electron chi connectivity index (χ0n) is 12.1. The van der Waals surface area contributed by atoms with Gasteiger partial charge in [0.15, 0.2) is 0 Å². The van der Waals surface area contributed by atoms with Crippen LogP contribution in [0.5, 0.6) is 0 Å². The molecule has 4 N–H and O–H groups in total. The molecule has 0 aromatic carbocycles. The van der Waals surface area contributed by atoms with Gasteiger partial charge in [0.2, 0.25) is 5.96 Å². The molecule has 0 aromatic rings. The molecule has 0 saturated heterocycles. The van der Waals surface area contributed by atoms with Gasteiger partial charge < -0.3 is 10.2 Å². The van der Waals surface area contributed by atoms with E-state index in [2.05, 4.69) is 41.7 Å². The molecule has 18 heavy (non-hydrogen) atoms. The number of nitrogens with two attached hydrogens (primary N) is 1. The normalized spacial score (nSPS) is 19.3. The second-order valence-corrected chi connectivity index (χ2v) is 5.42. The largest absolute Gasteiger partial charge is 0.355 e. The Kier molecular flexibility index (Phi) is 6.43. The van der Waals surface area contributed by atoms with Crippen molar-refractivity contribution in [1.29, 1.82) is 0 Å². The van der Waals surface area contributed by atoms with Crippen molar-refractivity contribution in [2.24, 2.45) is 10.8 Å². The first-order valence-electron chi connectivity index (χ1n) is 7.07. The van der Waals surface area contributed by atoms with Crippen LogP contribution in [0, 0.1) is 0 Å². The van der Waals surface area contributed by atoms with Crippen molar-refractivity contribution in [1.82, 2.24) is 15.6 Å². The van der Waals surface area contributed by atoms with Gasteiger partial charge in [-0.15, -0.1) is 0 Å². The third-order valence-electron chi connectivity index (χ3n) is 3.97. The van der Waals surface area contributed by atoms with Gasteiger partial charge >= 0.3 is 0 Å². The average Bonchev–Trinajstić information content (AvgIpc) is 2.83. The topological polar surface area (TPSA) is 65.7 Å². The fourth-order valence-corrected chi connectivity index (χ4v) is 2.54. The van der Waals surface area contributed by atoms with Crippen LogP contribution < -0.4 is 16.6 Å². The number of hydrazine groups is 1. The summed E-state index contributed by atoms with van der Waals surface area (Å²) >= 11 is 0. The van der Waals surface area contributed by atoms with Crippen molar-refractivity contribution in [2.75, 3.05) is 27.2 Å². The Hall–Kier alpha value is -0.810. The van der Waals surface area contributed by atoms with Crippen LogP contribution in [0.3, 0.4) is 0 Å². The second kappa shape index (κ2) is 7.59. The number of nitrogens with zero attached hydrogens (tertiary/aromatic N) is 2. The van der Waals surface area contributed by atoms with Gasteiger partial charge in [-0.3, -0.25) is 10.4 Å². The van der Waals surface area contributed by atoms with Crippen LogP contribution in [-0.4, -0.2) is 43.6 Å². The predicted octanol–water partition coefficient (Wildman–Crippen LogP) is 1.07. The molecule has 1 rings (SSSR count). The molecule has 0 radical (unpaired) electrons. The summed E-state index contributed by atoms with van der Waals surface area (Å²) < 4.78 is 0. The number of aliphatic imine (C=N–C) groups is 1. The highest BCUT2D eigenvalue weighted by atomic mass is 15.3. The Labute approximate surface area is 111 Å². The van der Waals surface area contributed by atoms with E-state index in [-0.39, 0.29) is 5.54 Å². The lowest BCUT2D eigenvalue weighted by Crippen LogP contribution is -2.47. The van der Waals surface area contributed by atoms with Crippen LogP contribution >= 0.6 is 0 Å². The fourth-order valence-electron chi connectivity index (χ4n) is 2.54. The van der Waals surface area contributed by atoms with Crippen molar-refractivity contribution >= 4 is 5.96 Å². The van der Waals surface area contributed by atoms with Gasteiger partial charge in [0.05, 0.1) is 6.54 Å². The molecular formula is C13H29N5. The molecular weight excluding hydrogens is 226 g/mol. The number of hydrogen-bond donors (Lipinski definition) is 3. The zero-order chi connectivity index (χ0) is 13.4. The number of rotatable bonds is 6. The van der Waals surface area contributed by atoms with E-state index in [4.69, 9.17) is 5.84 Å². The molecule has 1 aliphatic rings. The summed E-state index contributed by atoms with van der Waals surface area (Å²) in [6.07, 6.45) is 7.39. The van der Waals surface area contributed by atoms with Crippen molar-refractivity contribution in [3.8, 4) is 0 Å². The van der Waals surface area contributed by atoms with Crippen LogP contribution in [-0.2, 0) is 0 Å². The first-order valence-corrected chi connectivity index (χ1v) is 7.07. The van der Waals surface area contributed by atoms with E-state index in [0.29, 0.717) is 0 Å². The average molecular weight is 255 g/mol. The molecule has 0 bridgehead atoms. The van der Waals surface area contributed by atoms with Gasteiger partial charge in [0.25, 0.3) is 0 Å². The zero-order valence-corrected chi connectivity index (χ0v) is 12.1. The predicted molar refractivity (Wildman–Crippen MR) is 77.4 cm³/mol. The standard InChI is InChI=1S/C13H29N5/c1-4-5-10-15-12(17-14)16-11-13(18(2)3)8-6-7-9-13/h4-11,14H2,1-3H3,(H2,15,16,17). The van der Waals surface area contributed by atoms with E-state index in [1.807, 2.05) is 0 Å². The number of guanidine groups is 1. The second-order valence-electron chi connectivity index (χ2n) is 5.42. The Morgan fingerprint density at radius 1 is 1.33 bits per heavy atom. The summed E-state index contributed by atoms with van der Waals surface area (Å²) in [5.74, 6) is 6.22. The number of likely N-dealkylation sites (N-methyl/N-ethyl adjacent to an activating group) is 1. The van der Waals surface area contributed by atoms with E-state index in [9.17, 15) is 0 Å². The lowest BCUT2D eigenvalue weighted by molar-refractivity contribution is 0.167. The molecule has 1 saturated carbocycles. The summed E-state index contributed by atoms with van der Waals surface area (Å²) in [6, 6.07) is 0. The van der Waals surface area contributed by atoms with Gasteiger partial charge in [-0.2, -0.15) is 0 Å². The molecule has 5 nitrogen and oxygen atoms in total.